The lowest BCUT2D eigenvalue weighted by Crippen LogP contribution is -3.00. The maximum absolute atomic E-state index is 6.02. The first-order valence-electron chi connectivity index (χ1n) is 10.9. The van der Waals surface area contributed by atoms with Crippen LogP contribution in [0.4, 0.5) is 0 Å². The number of oxazole rings is 1. The van der Waals surface area contributed by atoms with Crippen molar-refractivity contribution in [3.8, 4) is 0 Å². The van der Waals surface area contributed by atoms with Gasteiger partial charge in [0.15, 0.2) is 0 Å². The average Bonchev–Trinajstić information content (AvgIpc) is 3.33. The maximum Gasteiger partial charge on any atom is 0.373 e. The number of halogens is 1. The van der Waals surface area contributed by atoms with E-state index in [1.165, 1.54) is 27.4 Å². The number of fused-ring (bicyclic) bond motifs is 4. The molecule has 6 rings (SSSR count). The summed E-state index contributed by atoms with van der Waals surface area (Å²) in [5.74, 6) is 0.831. The third-order valence-electron chi connectivity index (χ3n) is 6.17. The number of nitrogens with zero attached hydrogens (tertiary/aromatic N) is 2. The van der Waals surface area contributed by atoms with Crippen molar-refractivity contribution in [1.82, 2.24) is 4.57 Å². The lowest BCUT2D eigenvalue weighted by atomic mass is 10.1. The lowest BCUT2D eigenvalue weighted by molar-refractivity contribution is -0.651. The van der Waals surface area contributed by atoms with Gasteiger partial charge in [0.05, 0.1) is 6.08 Å². The van der Waals surface area contributed by atoms with Crippen molar-refractivity contribution < 1.29 is 33.0 Å². The molecule has 4 aromatic carbocycles. The van der Waals surface area contributed by atoms with Crippen LogP contribution in [0.3, 0.4) is 0 Å². The molecule has 0 bridgehead atoms. The number of hydrogen-bond acceptors (Lipinski definition) is 1. The molecule has 162 valence electrons. The summed E-state index contributed by atoms with van der Waals surface area (Å²) >= 11 is 0. The summed E-state index contributed by atoms with van der Waals surface area (Å²) in [6, 6.07) is 34.1. The molecule has 0 amide bonds. The number of hydrogen-bond donors (Lipinski definition) is 0. The largest absolute Gasteiger partial charge is 1.00 e. The van der Waals surface area contributed by atoms with Crippen molar-refractivity contribution >= 4 is 45.1 Å². The predicted molar refractivity (Wildman–Crippen MR) is 131 cm³/mol. The average molecular weight is 542 g/mol. The standard InChI is InChI=1S/C29H23N2O.HI/c1-30-27-13-7-8-14-28(27)32-29(30)18-16-21-15-17-26-24(19-21)23-11-5-6-12-25(23)31(26)20-22-9-3-2-4-10-22;/h2-19H,20H2,1H3;1H/q+1;/p-1. The molecule has 6 aromatic rings. The van der Waals surface area contributed by atoms with E-state index in [-0.39, 0.29) is 24.0 Å². The highest BCUT2D eigenvalue weighted by Gasteiger charge is 2.16. The minimum absolute atomic E-state index is 0. The van der Waals surface area contributed by atoms with Crippen LogP contribution in [0, 0.1) is 0 Å². The molecule has 0 aliphatic rings. The van der Waals surface area contributed by atoms with Gasteiger partial charge in [-0.25, -0.2) is 0 Å². The van der Waals surface area contributed by atoms with E-state index in [4.69, 9.17) is 4.42 Å². The molecule has 0 saturated carbocycles. The Bertz CT molecular complexity index is 1610. The molecule has 0 aliphatic heterocycles. The van der Waals surface area contributed by atoms with Crippen LogP contribution in [0.25, 0.3) is 45.1 Å². The second kappa shape index (κ2) is 8.87. The van der Waals surface area contributed by atoms with Gasteiger partial charge in [0, 0.05) is 34.4 Å². The van der Waals surface area contributed by atoms with E-state index >= 15 is 0 Å². The second-order valence-corrected chi connectivity index (χ2v) is 8.17. The van der Waals surface area contributed by atoms with Crippen molar-refractivity contribution in [3.05, 3.63) is 114 Å². The van der Waals surface area contributed by atoms with E-state index in [0.717, 1.165) is 29.1 Å². The molecule has 3 nitrogen and oxygen atoms in total. The maximum atomic E-state index is 6.02. The summed E-state index contributed by atoms with van der Waals surface area (Å²) in [6.45, 7) is 0.856. The first kappa shape index (κ1) is 21.5. The number of rotatable bonds is 4. The topological polar surface area (TPSA) is 21.9 Å². The van der Waals surface area contributed by atoms with Gasteiger partial charge in [-0.15, -0.1) is 0 Å². The fourth-order valence-electron chi connectivity index (χ4n) is 4.55. The van der Waals surface area contributed by atoms with Crippen LogP contribution in [0.15, 0.2) is 101 Å². The van der Waals surface area contributed by atoms with Crippen LogP contribution < -0.4 is 28.5 Å². The van der Waals surface area contributed by atoms with E-state index in [9.17, 15) is 0 Å². The minimum Gasteiger partial charge on any atom is -1.00 e. The van der Waals surface area contributed by atoms with Crippen molar-refractivity contribution in [2.45, 2.75) is 6.54 Å². The molecule has 2 heterocycles. The van der Waals surface area contributed by atoms with Gasteiger partial charge in [0.1, 0.15) is 7.05 Å². The molecule has 0 saturated heterocycles. The normalized spacial score (nSPS) is 11.5. The third-order valence-corrected chi connectivity index (χ3v) is 6.17. The summed E-state index contributed by atoms with van der Waals surface area (Å²) in [5.41, 5.74) is 6.95. The van der Waals surface area contributed by atoms with Crippen molar-refractivity contribution in [2.75, 3.05) is 0 Å². The fourth-order valence-corrected chi connectivity index (χ4v) is 4.55. The number of benzene rings is 4. The Balaban J connectivity index is 0.00000228. The molecule has 2 aromatic heterocycles. The monoisotopic (exact) mass is 542 g/mol. The van der Waals surface area contributed by atoms with E-state index in [0.29, 0.717) is 0 Å². The Morgan fingerprint density at radius 1 is 0.758 bits per heavy atom. The van der Waals surface area contributed by atoms with Crippen molar-refractivity contribution in [1.29, 1.82) is 0 Å². The van der Waals surface area contributed by atoms with Crippen LogP contribution in [0.5, 0.6) is 0 Å². The van der Waals surface area contributed by atoms with Crippen LogP contribution >= 0.6 is 0 Å². The van der Waals surface area contributed by atoms with Gasteiger partial charge in [-0.05, 0) is 41.5 Å². The van der Waals surface area contributed by atoms with Crippen LogP contribution in [-0.4, -0.2) is 4.57 Å². The highest BCUT2D eigenvalue weighted by molar-refractivity contribution is 6.08. The third kappa shape index (κ3) is 3.85. The van der Waals surface area contributed by atoms with Gasteiger partial charge in [0.2, 0.25) is 5.58 Å². The quantitative estimate of drug-likeness (QED) is 0.247. The van der Waals surface area contributed by atoms with Gasteiger partial charge in [-0.2, -0.15) is 4.57 Å². The molecule has 0 unspecified atom stereocenters. The number of aromatic nitrogens is 2. The molecular formula is C29H23IN2O. The van der Waals surface area contributed by atoms with E-state index in [1.54, 1.807) is 0 Å². The highest BCUT2D eigenvalue weighted by Crippen LogP contribution is 2.31. The second-order valence-electron chi connectivity index (χ2n) is 8.17. The predicted octanol–water partition coefficient (Wildman–Crippen LogP) is 3.59. The van der Waals surface area contributed by atoms with E-state index in [1.807, 2.05) is 31.3 Å². The van der Waals surface area contributed by atoms with E-state index in [2.05, 4.69) is 94.1 Å². The highest BCUT2D eigenvalue weighted by atomic mass is 127. The van der Waals surface area contributed by atoms with Gasteiger partial charge in [-0.1, -0.05) is 66.7 Å². The zero-order valence-electron chi connectivity index (χ0n) is 18.3. The van der Waals surface area contributed by atoms with E-state index < -0.39 is 0 Å². The molecule has 4 heteroatoms. The molecule has 33 heavy (non-hydrogen) atoms. The summed E-state index contributed by atoms with van der Waals surface area (Å²) in [6.07, 6.45) is 4.17. The van der Waals surface area contributed by atoms with Gasteiger partial charge < -0.3 is 33.0 Å². The van der Waals surface area contributed by atoms with Gasteiger partial charge in [-0.3, -0.25) is 0 Å². The Morgan fingerprint density at radius 2 is 1.48 bits per heavy atom. The van der Waals surface area contributed by atoms with Crippen molar-refractivity contribution in [2.24, 2.45) is 7.05 Å². The Labute approximate surface area is 209 Å². The van der Waals surface area contributed by atoms with Crippen molar-refractivity contribution in [3.63, 3.8) is 0 Å². The zero-order chi connectivity index (χ0) is 21.5. The zero-order valence-corrected chi connectivity index (χ0v) is 20.4. The fraction of sp³-hybridized carbons (Fsp3) is 0.0690. The first-order chi connectivity index (χ1) is 15.8. The molecule has 0 radical (unpaired) electrons. The van der Waals surface area contributed by atoms with Gasteiger partial charge >= 0.3 is 5.89 Å². The number of aryl methyl sites for hydroxylation is 1. The Morgan fingerprint density at radius 3 is 2.33 bits per heavy atom. The summed E-state index contributed by atoms with van der Waals surface area (Å²) in [5, 5.41) is 2.55. The summed E-state index contributed by atoms with van der Waals surface area (Å²) < 4.78 is 10.5. The first-order valence-corrected chi connectivity index (χ1v) is 10.9. The number of para-hydroxylation sites is 3. The smallest absolute Gasteiger partial charge is 0.373 e. The molecule has 0 fully saturated rings. The minimum atomic E-state index is 0. The summed E-state index contributed by atoms with van der Waals surface area (Å²) in [4.78, 5) is 0. The Hall–Kier alpha value is -3.38. The van der Waals surface area contributed by atoms with Crippen LogP contribution in [-0.2, 0) is 13.6 Å². The van der Waals surface area contributed by atoms with Gasteiger partial charge in [0.25, 0.3) is 5.52 Å². The molecule has 0 N–H and O–H groups in total. The Kier molecular flexibility index (Phi) is 5.77. The van der Waals surface area contributed by atoms with Crippen LogP contribution in [0.1, 0.15) is 17.0 Å². The summed E-state index contributed by atoms with van der Waals surface area (Å²) in [7, 11) is 2.03. The molecule has 0 spiro atoms. The van der Waals surface area contributed by atoms with Crippen LogP contribution in [0.2, 0.25) is 0 Å². The molecule has 0 aliphatic carbocycles. The SMILES string of the molecule is C[n+]1c(/C=C/c2ccc3c(c2)c2ccccc2n3Cc2ccccc2)oc2ccccc21.[I-]. The lowest BCUT2D eigenvalue weighted by Gasteiger charge is -2.07. The molecule has 0 atom stereocenters. The molecular weight excluding hydrogens is 519 g/mol.